The number of carbonyl (C=O) groups excluding carboxylic acids is 3. The third-order valence-electron chi connectivity index (χ3n) is 7.47. The lowest BCUT2D eigenvalue weighted by molar-refractivity contribution is -0.874. The number of rotatable bonds is 27. The molecule has 45 heavy (non-hydrogen) atoms. The Bertz CT molecular complexity index is 787. The number of quaternary nitrogens is 2. The number of allylic oxidation sites excluding steroid dienone is 2. The van der Waals surface area contributed by atoms with Crippen molar-refractivity contribution in [2.75, 3.05) is 55.4 Å². The summed E-state index contributed by atoms with van der Waals surface area (Å²) >= 11 is 0. The number of aliphatic carboxylic acids is 2. The predicted molar refractivity (Wildman–Crippen MR) is 179 cm³/mol. The molecule has 0 amide bonds. The van der Waals surface area contributed by atoms with Crippen molar-refractivity contribution < 1.29 is 43.4 Å². The molecule has 1 N–H and O–H groups in total. The number of likely N-dealkylation sites (N-methyl/N-ethyl adjacent to an activating group) is 2. The van der Waals surface area contributed by atoms with Gasteiger partial charge in [0.2, 0.25) is 0 Å². The number of ether oxygens (including phenoxy) is 1. The van der Waals surface area contributed by atoms with Crippen LogP contribution in [0.5, 0.6) is 0 Å². The molecule has 0 aliphatic heterocycles. The minimum atomic E-state index is -1.19. The van der Waals surface area contributed by atoms with E-state index in [2.05, 4.69) is 19.9 Å². The molecule has 9 heteroatoms. The lowest BCUT2D eigenvalue weighted by atomic mass is 9.94. The van der Waals surface area contributed by atoms with Gasteiger partial charge in [0.05, 0.1) is 42.3 Å². The Morgan fingerprint density at radius 3 is 1.62 bits per heavy atom. The minimum Gasteiger partial charge on any atom is -0.550 e. The number of carbonyl (C=O) groups is 3. The number of aliphatic hydroxyl groups is 1. The molecule has 0 spiro atoms. The SMILES string of the molecule is CCCCC/C=C\CCC(=O)OC(CC(=O)[O-])C[N+](C)(C)C.CCCCCCCCCCCCC(C(=O)[O-])C(O)C[N+](C)(C)C. The van der Waals surface area contributed by atoms with Crippen molar-refractivity contribution in [3.63, 3.8) is 0 Å². The van der Waals surface area contributed by atoms with E-state index in [1.165, 1.54) is 70.6 Å². The second-order valence-electron chi connectivity index (χ2n) is 14.6. The van der Waals surface area contributed by atoms with Crippen molar-refractivity contribution in [3.05, 3.63) is 12.2 Å². The fourth-order valence-corrected chi connectivity index (χ4v) is 5.14. The van der Waals surface area contributed by atoms with E-state index in [1.807, 2.05) is 48.4 Å². The Morgan fingerprint density at radius 1 is 0.689 bits per heavy atom. The normalized spacial score (nSPS) is 14.0. The summed E-state index contributed by atoms with van der Waals surface area (Å²) in [5.74, 6) is -3.39. The molecular formula is C36H70N2O7. The van der Waals surface area contributed by atoms with Crippen LogP contribution in [0.2, 0.25) is 0 Å². The van der Waals surface area contributed by atoms with Crippen LogP contribution in [-0.4, -0.2) is 99.6 Å². The summed E-state index contributed by atoms with van der Waals surface area (Å²) in [7, 11) is 11.6. The topological polar surface area (TPSA) is 127 Å². The van der Waals surface area contributed by atoms with Gasteiger partial charge in [0, 0.05) is 30.7 Å². The van der Waals surface area contributed by atoms with Crippen LogP contribution < -0.4 is 10.2 Å². The number of unbranched alkanes of at least 4 members (excludes halogenated alkanes) is 12. The maximum Gasteiger partial charge on any atom is 0.306 e. The van der Waals surface area contributed by atoms with Crippen LogP contribution >= 0.6 is 0 Å². The van der Waals surface area contributed by atoms with Crippen molar-refractivity contribution in [2.45, 2.75) is 142 Å². The summed E-state index contributed by atoms with van der Waals surface area (Å²) in [6.07, 6.45) is 20.7. The minimum absolute atomic E-state index is 0.256. The highest BCUT2D eigenvalue weighted by molar-refractivity contribution is 5.71. The molecule has 0 aliphatic carbocycles. The van der Waals surface area contributed by atoms with Gasteiger partial charge in [-0.25, -0.2) is 0 Å². The Hall–Kier alpha value is -1.97. The maximum absolute atomic E-state index is 11.8. The summed E-state index contributed by atoms with van der Waals surface area (Å²) < 4.78 is 6.36. The number of esters is 1. The molecule has 0 fully saturated rings. The first-order valence-corrected chi connectivity index (χ1v) is 17.6. The molecule has 0 saturated heterocycles. The van der Waals surface area contributed by atoms with E-state index >= 15 is 0 Å². The fraction of sp³-hybridized carbons (Fsp3) is 0.861. The van der Waals surface area contributed by atoms with E-state index in [9.17, 15) is 29.7 Å². The van der Waals surface area contributed by atoms with Gasteiger partial charge < -0.3 is 38.6 Å². The van der Waals surface area contributed by atoms with Gasteiger partial charge in [-0.05, 0) is 25.7 Å². The average Bonchev–Trinajstić information content (AvgIpc) is 2.89. The quantitative estimate of drug-likeness (QED) is 0.0610. The highest BCUT2D eigenvalue weighted by atomic mass is 16.5. The number of hydrogen-bond acceptors (Lipinski definition) is 7. The van der Waals surface area contributed by atoms with Crippen LogP contribution in [0.15, 0.2) is 12.2 Å². The van der Waals surface area contributed by atoms with E-state index in [1.54, 1.807) is 0 Å². The highest BCUT2D eigenvalue weighted by Gasteiger charge is 2.25. The molecule has 3 atom stereocenters. The van der Waals surface area contributed by atoms with Gasteiger partial charge in [0.15, 0.2) is 6.10 Å². The molecule has 0 radical (unpaired) electrons. The Morgan fingerprint density at radius 2 is 1.16 bits per heavy atom. The first-order valence-electron chi connectivity index (χ1n) is 17.6. The first kappa shape index (κ1) is 45.2. The Labute approximate surface area is 276 Å². The van der Waals surface area contributed by atoms with E-state index in [-0.39, 0.29) is 18.8 Å². The van der Waals surface area contributed by atoms with Gasteiger partial charge >= 0.3 is 5.97 Å². The van der Waals surface area contributed by atoms with Gasteiger partial charge in [-0.3, -0.25) is 4.79 Å². The second kappa shape index (κ2) is 27.2. The number of hydrogen-bond donors (Lipinski definition) is 1. The summed E-state index contributed by atoms with van der Waals surface area (Å²) in [6.45, 7) is 5.29. The summed E-state index contributed by atoms with van der Waals surface area (Å²) in [4.78, 5) is 33.8. The molecule has 0 heterocycles. The molecule has 0 rings (SSSR count). The Balaban J connectivity index is 0. The van der Waals surface area contributed by atoms with E-state index in [0.29, 0.717) is 34.9 Å². The van der Waals surface area contributed by atoms with E-state index in [0.717, 1.165) is 19.3 Å². The third kappa shape index (κ3) is 33.2. The zero-order valence-electron chi connectivity index (χ0n) is 30.3. The van der Waals surface area contributed by atoms with E-state index < -0.39 is 30.1 Å². The van der Waals surface area contributed by atoms with E-state index in [4.69, 9.17) is 4.74 Å². The Kier molecular flexibility index (Phi) is 27.3. The van der Waals surface area contributed by atoms with Crippen LogP contribution in [0, 0.1) is 5.92 Å². The standard InChI is InChI=1S/C19H39NO3.C17H31NO4/c1-5-6-7-8-9-10-11-12-13-14-15-17(19(22)23)18(21)16-20(2,3)4;1-5-6-7-8-9-10-11-12-17(21)22-15(13-16(19)20)14-18(2,3)4/h17-18,21H,5-16H2,1-4H3;9-10,15H,5-8,11-14H2,1-4H3/b;10-9-. The van der Waals surface area contributed by atoms with Gasteiger partial charge in [-0.2, -0.15) is 0 Å². The van der Waals surface area contributed by atoms with Crippen molar-refractivity contribution in [1.82, 2.24) is 0 Å². The molecule has 0 saturated carbocycles. The molecule has 0 bridgehead atoms. The van der Waals surface area contributed by atoms with Gasteiger partial charge in [-0.15, -0.1) is 0 Å². The fourth-order valence-electron chi connectivity index (χ4n) is 5.14. The number of carboxylic acid groups (broad SMARTS) is 2. The smallest absolute Gasteiger partial charge is 0.306 e. The van der Waals surface area contributed by atoms with Crippen molar-refractivity contribution in [3.8, 4) is 0 Å². The first-order chi connectivity index (χ1) is 21.0. The summed E-state index contributed by atoms with van der Waals surface area (Å²) in [5, 5.41) is 32.1. The highest BCUT2D eigenvalue weighted by Crippen LogP contribution is 2.17. The second-order valence-corrected chi connectivity index (χ2v) is 14.6. The molecule has 266 valence electrons. The monoisotopic (exact) mass is 643 g/mol. The molecule has 0 aromatic carbocycles. The number of carboxylic acids is 2. The van der Waals surface area contributed by atoms with Gasteiger partial charge in [-0.1, -0.05) is 103 Å². The largest absolute Gasteiger partial charge is 0.550 e. The molecular weight excluding hydrogens is 572 g/mol. The van der Waals surface area contributed by atoms with Gasteiger partial charge in [0.25, 0.3) is 0 Å². The van der Waals surface area contributed by atoms with Crippen LogP contribution in [0.25, 0.3) is 0 Å². The van der Waals surface area contributed by atoms with Crippen molar-refractivity contribution in [1.29, 1.82) is 0 Å². The molecule has 3 unspecified atom stereocenters. The van der Waals surface area contributed by atoms with Crippen molar-refractivity contribution >= 4 is 17.9 Å². The summed E-state index contributed by atoms with van der Waals surface area (Å²) in [6, 6.07) is 0. The number of aliphatic hydroxyl groups excluding tert-OH is 1. The molecule has 9 nitrogen and oxygen atoms in total. The van der Waals surface area contributed by atoms with Crippen LogP contribution in [0.3, 0.4) is 0 Å². The van der Waals surface area contributed by atoms with Crippen LogP contribution in [0.4, 0.5) is 0 Å². The molecule has 0 aromatic heterocycles. The third-order valence-corrected chi connectivity index (χ3v) is 7.47. The predicted octanol–water partition coefficient (Wildman–Crippen LogP) is 4.39. The molecule has 0 aliphatic rings. The lowest BCUT2D eigenvalue weighted by Crippen LogP contribution is -2.48. The molecule has 0 aromatic rings. The summed E-state index contributed by atoms with van der Waals surface area (Å²) in [5.41, 5.74) is 0. The maximum atomic E-state index is 11.8. The number of nitrogens with zero attached hydrogens (tertiary/aromatic N) is 2. The van der Waals surface area contributed by atoms with Crippen LogP contribution in [-0.2, 0) is 19.1 Å². The zero-order valence-corrected chi connectivity index (χ0v) is 30.3. The van der Waals surface area contributed by atoms with Crippen molar-refractivity contribution in [2.24, 2.45) is 5.92 Å². The van der Waals surface area contributed by atoms with Gasteiger partial charge in [0.1, 0.15) is 19.2 Å². The lowest BCUT2D eigenvalue weighted by Gasteiger charge is -2.31. The van der Waals surface area contributed by atoms with Crippen LogP contribution in [0.1, 0.15) is 129 Å². The zero-order chi connectivity index (χ0) is 34.7. The average molecular weight is 643 g/mol.